The predicted molar refractivity (Wildman–Crippen MR) is 59.5 cm³/mol. The Morgan fingerprint density at radius 3 is 2.73 bits per heavy atom. The van der Waals surface area contributed by atoms with Crippen LogP contribution in [0.3, 0.4) is 0 Å². The number of nitrogens with zero attached hydrogens (tertiary/aromatic N) is 1. The average Bonchev–Trinajstić information content (AvgIpc) is 2.63. The molecule has 1 aromatic heterocycles. The number of aromatic nitrogens is 2. The smallest absolute Gasteiger partial charge is 0.154 e. The minimum Gasteiger partial charge on any atom is -0.342 e. The van der Waals surface area contributed by atoms with Gasteiger partial charge in [0.25, 0.3) is 0 Å². The summed E-state index contributed by atoms with van der Waals surface area (Å²) in [6, 6.07) is 3.72. The Bertz CT molecular complexity index is 486. The molecule has 0 aliphatic rings. The summed E-state index contributed by atoms with van der Waals surface area (Å²) in [5, 5.41) is 0. The second-order valence-corrected chi connectivity index (χ2v) is 4.07. The summed E-state index contributed by atoms with van der Waals surface area (Å²) in [6.07, 6.45) is 0.700. The topological polar surface area (TPSA) is 28.7 Å². The van der Waals surface area contributed by atoms with E-state index in [0.717, 1.165) is 16.9 Å². The van der Waals surface area contributed by atoms with Gasteiger partial charge in [-0.3, -0.25) is 0 Å². The average molecular weight is 206 g/mol. The molecule has 1 aromatic carbocycles. The molecular weight excluding hydrogens is 191 g/mol. The van der Waals surface area contributed by atoms with Crippen LogP contribution in [-0.2, 0) is 6.42 Å². The molecule has 15 heavy (non-hydrogen) atoms. The molecule has 2 rings (SSSR count). The van der Waals surface area contributed by atoms with Crippen LogP contribution in [0.25, 0.3) is 11.0 Å². The fourth-order valence-electron chi connectivity index (χ4n) is 1.65. The highest BCUT2D eigenvalue weighted by Gasteiger charge is 2.12. The lowest BCUT2D eigenvalue weighted by Crippen LogP contribution is -1.90. The lowest BCUT2D eigenvalue weighted by Gasteiger charge is -1.98. The number of halogens is 1. The first-order valence-electron chi connectivity index (χ1n) is 5.30. The monoisotopic (exact) mass is 206 g/mol. The van der Waals surface area contributed by atoms with Gasteiger partial charge >= 0.3 is 0 Å². The van der Waals surface area contributed by atoms with Crippen LogP contribution in [-0.4, -0.2) is 9.97 Å². The van der Waals surface area contributed by atoms with Gasteiger partial charge in [-0.05, 0) is 18.1 Å². The maximum atomic E-state index is 13.9. The molecule has 0 fully saturated rings. The molecule has 0 saturated heterocycles. The third-order valence-corrected chi connectivity index (χ3v) is 2.62. The van der Waals surface area contributed by atoms with E-state index in [0.29, 0.717) is 17.9 Å². The minimum atomic E-state index is -0.182. The van der Waals surface area contributed by atoms with Gasteiger partial charge in [-0.2, -0.15) is 0 Å². The molecule has 0 bridgehead atoms. The zero-order valence-electron chi connectivity index (χ0n) is 9.26. The van der Waals surface area contributed by atoms with Gasteiger partial charge < -0.3 is 4.98 Å². The fraction of sp³-hybridized carbons (Fsp3) is 0.417. The molecule has 2 nitrogen and oxygen atoms in total. The quantitative estimate of drug-likeness (QED) is 0.801. The zero-order valence-corrected chi connectivity index (χ0v) is 9.26. The molecule has 0 amide bonds. The first-order chi connectivity index (χ1) is 7.13. The standard InChI is InChI=1S/C12H15FN2/c1-4-8-5-6-9-11(10(8)13)15-12(14-9)7(2)3/h5-7H,4H2,1-3H3,(H,14,15). The molecule has 0 radical (unpaired) electrons. The highest BCUT2D eigenvalue weighted by Crippen LogP contribution is 2.22. The number of benzene rings is 1. The van der Waals surface area contributed by atoms with E-state index in [2.05, 4.69) is 9.97 Å². The van der Waals surface area contributed by atoms with Gasteiger partial charge in [0.05, 0.1) is 5.52 Å². The van der Waals surface area contributed by atoms with Crippen molar-refractivity contribution in [2.24, 2.45) is 0 Å². The molecule has 0 aliphatic carbocycles. The van der Waals surface area contributed by atoms with Gasteiger partial charge in [-0.15, -0.1) is 0 Å². The van der Waals surface area contributed by atoms with E-state index >= 15 is 0 Å². The van der Waals surface area contributed by atoms with Gasteiger partial charge in [0, 0.05) is 5.92 Å². The molecular formula is C12H15FN2. The van der Waals surface area contributed by atoms with Crippen LogP contribution in [0.15, 0.2) is 12.1 Å². The van der Waals surface area contributed by atoms with E-state index in [1.807, 2.05) is 32.9 Å². The van der Waals surface area contributed by atoms with Crippen molar-refractivity contribution in [2.45, 2.75) is 33.1 Å². The Balaban J connectivity index is 2.66. The number of hydrogen-bond acceptors (Lipinski definition) is 1. The van der Waals surface area contributed by atoms with E-state index in [-0.39, 0.29) is 5.82 Å². The maximum absolute atomic E-state index is 13.9. The van der Waals surface area contributed by atoms with Gasteiger partial charge in [0.2, 0.25) is 0 Å². The second-order valence-electron chi connectivity index (χ2n) is 4.07. The molecule has 3 heteroatoms. The normalized spacial score (nSPS) is 11.5. The Morgan fingerprint density at radius 2 is 2.13 bits per heavy atom. The van der Waals surface area contributed by atoms with Gasteiger partial charge in [0.15, 0.2) is 5.82 Å². The molecule has 2 aromatic rings. The predicted octanol–water partition coefficient (Wildman–Crippen LogP) is 3.39. The van der Waals surface area contributed by atoms with Crippen molar-refractivity contribution < 1.29 is 4.39 Å². The molecule has 0 aliphatic heterocycles. The molecule has 80 valence electrons. The van der Waals surface area contributed by atoms with Crippen molar-refractivity contribution in [1.29, 1.82) is 0 Å². The van der Waals surface area contributed by atoms with Gasteiger partial charge in [0.1, 0.15) is 11.3 Å². The number of imidazole rings is 1. The zero-order chi connectivity index (χ0) is 11.0. The number of aryl methyl sites for hydroxylation is 1. The van der Waals surface area contributed by atoms with Crippen molar-refractivity contribution in [3.63, 3.8) is 0 Å². The number of fused-ring (bicyclic) bond motifs is 1. The van der Waals surface area contributed by atoms with Gasteiger partial charge in [-0.25, -0.2) is 9.37 Å². The first-order valence-corrected chi connectivity index (χ1v) is 5.30. The number of H-pyrrole nitrogens is 1. The van der Waals surface area contributed by atoms with E-state index in [4.69, 9.17) is 0 Å². The number of rotatable bonds is 2. The summed E-state index contributed by atoms with van der Waals surface area (Å²) in [7, 11) is 0. The molecule has 0 unspecified atom stereocenters. The van der Waals surface area contributed by atoms with Crippen molar-refractivity contribution >= 4 is 11.0 Å². The SMILES string of the molecule is CCc1ccc2[nH]c(C(C)C)nc2c1F. The van der Waals surface area contributed by atoms with Crippen molar-refractivity contribution in [1.82, 2.24) is 9.97 Å². The van der Waals surface area contributed by atoms with E-state index < -0.39 is 0 Å². The second kappa shape index (κ2) is 3.65. The van der Waals surface area contributed by atoms with Crippen LogP contribution in [0.4, 0.5) is 4.39 Å². The van der Waals surface area contributed by atoms with Crippen LogP contribution >= 0.6 is 0 Å². The molecule has 0 spiro atoms. The Morgan fingerprint density at radius 1 is 1.40 bits per heavy atom. The molecule has 0 atom stereocenters. The molecule has 1 heterocycles. The van der Waals surface area contributed by atoms with Crippen molar-refractivity contribution in [2.75, 3.05) is 0 Å². The van der Waals surface area contributed by atoms with Crippen molar-refractivity contribution in [3.8, 4) is 0 Å². The van der Waals surface area contributed by atoms with Crippen LogP contribution in [0, 0.1) is 5.82 Å². The highest BCUT2D eigenvalue weighted by molar-refractivity contribution is 5.76. The summed E-state index contributed by atoms with van der Waals surface area (Å²) in [5.74, 6) is 0.956. The van der Waals surface area contributed by atoms with Crippen LogP contribution in [0.5, 0.6) is 0 Å². The minimum absolute atomic E-state index is 0.182. The number of nitrogens with one attached hydrogen (secondary N) is 1. The van der Waals surface area contributed by atoms with Gasteiger partial charge in [-0.1, -0.05) is 26.8 Å². The summed E-state index contributed by atoms with van der Waals surface area (Å²) >= 11 is 0. The fourth-order valence-corrected chi connectivity index (χ4v) is 1.65. The Hall–Kier alpha value is -1.38. The van der Waals surface area contributed by atoms with E-state index in [9.17, 15) is 4.39 Å². The molecule has 0 saturated carbocycles. The molecule has 1 N–H and O–H groups in total. The highest BCUT2D eigenvalue weighted by atomic mass is 19.1. The Kier molecular flexibility index (Phi) is 2.47. The van der Waals surface area contributed by atoms with Crippen LogP contribution in [0.1, 0.15) is 38.1 Å². The number of hydrogen-bond donors (Lipinski definition) is 1. The largest absolute Gasteiger partial charge is 0.342 e. The summed E-state index contributed by atoms with van der Waals surface area (Å²) in [5.41, 5.74) is 1.98. The lowest BCUT2D eigenvalue weighted by atomic mass is 10.1. The summed E-state index contributed by atoms with van der Waals surface area (Å²) in [6.45, 7) is 6.02. The van der Waals surface area contributed by atoms with Crippen molar-refractivity contribution in [3.05, 3.63) is 29.3 Å². The summed E-state index contributed by atoms with van der Waals surface area (Å²) < 4.78 is 13.9. The summed E-state index contributed by atoms with van der Waals surface area (Å²) in [4.78, 5) is 7.43. The van der Waals surface area contributed by atoms with E-state index in [1.165, 1.54) is 0 Å². The third kappa shape index (κ3) is 1.62. The van der Waals surface area contributed by atoms with E-state index in [1.54, 1.807) is 0 Å². The number of aromatic amines is 1. The lowest BCUT2D eigenvalue weighted by molar-refractivity contribution is 0.621. The maximum Gasteiger partial charge on any atom is 0.154 e. The van der Waals surface area contributed by atoms with Crippen LogP contribution < -0.4 is 0 Å². The third-order valence-electron chi connectivity index (χ3n) is 2.62. The first kappa shape index (κ1) is 10.1. The Labute approximate surface area is 88.5 Å². The van der Waals surface area contributed by atoms with Crippen LogP contribution in [0.2, 0.25) is 0 Å².